The molecule has 5 heteroatoms. The van der Waals surface area contributed by atoms with Crippen molar-refractivity contribution in [3.05, 3.63) is 46.8 Å². The number of nitrogens with one attached hydrogen (secondary N) is 1. The Bertz CT molecular complexity index is 366. The van der Waals surface area contributed by atoms with Crippen LogP contribution in [-0.4, -0.2) is 11.5 Å². The van der Waals surface area contributed by atoms with E-state index in [2.05, 4.69) is 11.9 Å². The number of rotatable bonds is 4. The topological polar surface area (TPSA) is 55.2 Å². The summed E-state index contributed by atoms with van der Waals surface area (Å²) in [6, 6.07) is 3.33. The SMILES string of the molecule is C=CCNc1cc([N+](=O)[O-])ccc1F. The fourth-order valence-electron chi connectivity index (χ4n) is 0.944. The number of anilines is 1. The number of hydrogen-bond donors (Lipinski definition) is 1. The van der Waals surface area contributed by atoms with Crippen molar-refractivity contribution in [3.63, 3.8) is 0 Å². The summed E-state index contributed by atoms with van der Waals surface area (Å²) in [6.45, 7) is 3.80. The average Bonchev–Trinajstić information content (AvgIpc) is 2.16. The standard InChI is InChI=1S/C9H9FN2O2/c1-2-5-11-9-6-7(12(13)14)3-4-8(9)10/h2-4,6,11H,1,5H2. The summed E-state index contributed by atoms with van der Waals surface area (Å²) in [5.41, 5.74) is -0.0305. The van der Waals surface area contributed by atoms with Crippen LogP contribution in [0.5, 0.6) is 0 Å². The zero-order valence-corrected chi connectivity index (χ0v) is 7.37. The van der Waals surface area contributed by atoms with Crippen LogP contribution in [0.1, 0.15) is 0 Å². The van der Waals surface area contributed by atoms with Gasteiger partial charge in [0.25, 0.3) is 5.69 Å². The van der Waals surface area contributed by atoms with Gasteiger partial charge in [-0.05, 0) is 6.07 Å². The smallest absolute Gasteiger partial charge is 0.271 e. The van der Waals surface area contributed by atoms with Crippen LogP contribution in [0.3, 0.4) is 0 Å². The molecule has 0 bridgehead atoms. The Hall–Kier alpha value is -1.91. The molecule has 0 spiro atoms. The molecule has 0 amide bonds. The summed E-state index contributed by atoms with van der Waals surface area (Å²) in [7, 11) is 0. The Morgan fingerprint density at radius 1 is 1.64 bits per heavy atom. The van der Waals surface area contributed by atoms with Crippen LogP contribution in [0, 0.1) is 15.9 Å². The van der Waals surface area contributed by atoms with Gasteiger partial charge in [0.2, 0.25) is 0 Å². The van der Waals surface area contributed by atoms with Gasteiger partial charge in [-0.15, -0.1) is 6.58 Å². The van der Waals surface area contributed by atoms with Gasteiger partial charge in [0.15, 0.2) is 0 Å². The van der Waals surface area contributed by atoms with E-state index in [9.17, 15) is 14.5 Å². The number of nitro benzene ring substituents is 1. The van der Waals surface area contributed by atoms with Crippen molar-refractivity contribution in [2.75, 3.05) is 11.9 Å². The van der Waals surface area contributed by atoms with Gasteiger partial charge < -0.3 is 5.32 Å². The van der Waals surface area contributed by atoms with Crippen molar-refractivity contribution in [2.45, 2.75) is 0 Å². The Morgan fingerprint density at radius 2 is 2.36 bits per heavy atom. The summed E-state index contributed by atoms with van der Waals surface area (Å²) >= 11 is 0. The highest BCUT2D eigenvalue weighted by molar-refractivity contribution is 5.52. The second kappa shape index (κ2) is 4.36. The molecular weight excluding hydrogens is 187 g/mol. The van der Waals surface area contributed by atoms with Crippen molar-refractivity contribution >= 4 is 11.4 Å². The van der Waals surface area contributed by atoms with E-state index in [0.29, 0.717) is 6.54 Å². The first-order chi connectivity index (χ1) is 6.65. The molecule has 0 saturated heterocycles. The summed E-state index contributed by atoms with van der Waals surface area (Å²) in [5.74, 6) is -0.516. The van der Waals surface area contributed by atoms with Crippen LogP contribution in [-0.2, 0) is 0 Å². The van der Waals surface area contributed by atoms with Gasteiger partial charge in [-0.3, -0.25) is 10.1 Å². The molecule has 0 fully saturated rings. The maximum Gasteiger partial charge on any atom is 0.271 e. The fraction of sp³-hybridized carbons (Fsp3) is 0.111. The van der Waals surface area contributed by atoms with Crippen molar-refractivity contribution in [1.82, 2.24) is 0 Å². The molecule has 0 saturated carbocycles. The van der Waals surface area contributed by atoms with Gasteiger partial charge in [0, 0.05) is 18.7 Å². The largest absolute Gasteiger partial charge is 0.379 e. The lowest BCUT2D eigenvalue weighted by molar-refractivity contribution is -0.384. The van der Waals surface area contributed by atoms with Crippen LogP contribution in [0.2, 0.25) is 0 Å². The molecule has 0 heterocycles. The van der Waals surface area contributed by atoms with Gasteiger partial charge in [-0.1, -0.05) is 6.08 Å². The number of nitrogens with zero attached hydrogens (tertiary/aromatic N) is 1. The lowest BCUT2D eigenvalue weighted by Gasteiger charge is -2.03. The van der Waals surface area contributed by atoms with Gasteiger partial charge in [0.1, 0.15) is 5.82 Å². The lowest BCUT2D eigenvalue weighted by Crippen LogP contribution is -2.01. The van der Waals surface area contributed by atoms with E-state index in [-0.39, 0.29) is 11.4 Å². The first-order valence-electron chi connectivity index (χ1n) is 3.94. The quantitative estimate of drug-likeness (QED) is 0.456. The van der Waals surface area contributed by atoms with E-state index in [4.69, 9.17) is 0 Å². The Balaban J connectivity index is 2.95. The predicted molar refractivity (Wildman–Crippen MR) is 51.7 cm³/mol. The minimum atomic E-state index is -0.571. The molecule has 74 valence electrons. The van der Waals surface area contributed by atoms with Crippen molar-refractivity contribution in [3.8, 4) is 0 Å². The van der Waals surface area contributed by atoms with Gasteiger partial charge in [-0.2, -0.15) is 0 Å². The molecule has 0 atom stereocenters. The maximum absolute atomic E-state index is 13.0. The van der Waals surface area contributed by atoms with Gasteiger partial charge in [0.05, 0.1) is 10.6 Å². The van der Waals surface area contributed by atoms with Crippen molar-refractivity contribution in [1.29, 1.82) is 0 Å². The Labute approximate surface area is 80.2 Å². The Kier molecular flexibility index (Phi) is 3.17. The molecule has 0 radical (unpaired) electrons. The van der Waals surface area contributed by atoms with E-state index in [1.165, 1.54) is 6.08 Å². The number of halogens is 1. The zero-order chi connectivity index (χ0) is 10.6. The third-order valence-electron chi connectivity index (χ3n) is 1.60. The molecule has 4 nitrogen and oxygen atoms in total. The molecule has 1 aromatic carbocycles. The summed E-state index contributed by atoms with van der Waals surface area (Å²) < 4.78 is 13.0. The first kappa shape index (κ1) is 10.2. The number of nitro groups is 1. The first-order valence-corrected chi connectivity index (χ1v) is 3.94. The van der Waals surface area contributed by atoms with Gasteiger partial charge >= 0.3 is 0 Å². The molecular formula is C9H9FN2O2. The zero-order valence-electron chi connectivity index (χ0n) is 7.37. The highest BCUT2D eigenvalue weighted by Gasteiger charge is 2.09. The van der Waals surface area contributed by atoms with Crippen molar-refractivity contribution in [2.24, 2.45) is 0 Å². The van der Waals surface area contributed by atoms with E-state index in [1.54, 1.807) is 0 Å². The summed E-state index contributed by atoms with van der Waals surface area (Å²) in [6.07, 6.45) is 1.54. The third-order valence-corrected chi connectivity index (χ3v) is 1.60. The minimum Gasteiger partial charge on any atom is -0.379 e. The molecule has 0 aromatic heterocycles. The molecule has 1 rings (SSSR count). The normalized spacial score (nSPS) is 9.50. The van der Waals surface area contributed by atoms with Crippen LogP contribution >= 0.6 is 0 Å². The van der Waals surface area contributed by atoms with E-state index < -0.39 is 10.7 Å². The Morgan fingerprint density at radius 3 is 2.93 bits per heavy atom. The molecule has 0 aliphatic carbocycles. The van der Waals surface area contributed by atoms with E-state index in [0.717, 1.165) is 18.2 Å². The molecule has 0 aliphatic rings. The van der Waals surface area contributed by atoms with Crippen LogP contribution in [0.15, 0.2) is 30.9 Å². The molecule has 0 aliphatic heterocycles. The van der Waals surface area contributed by atoms with E-state index >= 15 is 0 Å². The highest BCUT2D eigenvalue weighted by Crippen LogP contribution is 2.20. The van der Waals surface area contributed by atoms with Gasteiger partial charge in [-0.25, -0.2) is 4.39 Å². The summed E-state index contributed by atoms with van der Waals surface area (Å²) in [5, 5.41) is 13.0. The molecule has 1 aromatic rings. The minimum absolute atomic E-state index is 0.110. The summed E-state index contributed by atoms with van der Waals surface area (Å²) in [4.78, 5) is 9.80. The maximum atomic E-state index is 13.0. The number of non-ortho nitro benzene ring substituents is 1. The second-order valence-corrected chi connectivity index (χ2v) is 2.59. The lowest BCUT2D eigenvalue weighted by atomic mass is 10.2. The molecule has 14 heavy (non-hydrogen) atoms. The fourth-order valence-corrected chi connectivity index (χ4v) is 0.944. The highest BCUT2D eigenvalue weighted by atomic mass is 19.1. The molecule has 1 N–H and O–H groups in total. The number of hydrogen-bond acceptors (Lipinski definition) is 3. The predicted octanol–water partition coefficient (Wildman–Crippen LogP) is 2.33. The monoisotopic (exact) mass is 196 g/mol. The average molecular weight is 196 g/mol. The third kappa shape index (κ3) is 2.29. The molecule has 0 unspecified atom stereocenters. The second-order valence-electron chi connectivity index (χ2n) is 2.59. The van der Waals surface area contributed by atoms with Crippen LogP contribution in [0.4, 0.5) is 15.8 Å². The van der Waals surface area contributed by atoms with Crippen molar-refractivity contribution < 1.29 is 9.31 Å². The van der Waals surface area contributed by atoms with Crippen LogP contribution < -0.4 is 5.32 Å². The number of benzene rings is 1. The van der Waals surface area contributed by atoms with E-state index in [1.807, 2.05) is 0 Å². The van der Waals surface area contributed by atoms with Crippen LogP contribution in [0.25, 0.3) is 0 Å².